The smallest absolute Gasteiger partial charge is 0.158 e. The quantitative estimate of drug-likeness (QED) is 0.787. The van der Waals surface area contributed by atoms with Gasteiger partial charge in [0.1, 0.15) is 5.60 Å². The van der Waals surface area contributed by atoms with Crippen LogP contribution in [-0.2, 0) is 19.1 Å². The molecule has 1 heterocycles. The predicted octanol–water partition coefficient (Wildman–Crippen LogP) is 1.63. The summed E-state index contributed by atoms with van der Waals surface area (Å²) in [5, 5.41) is 13.8. The summed E-state index contributed by atoms with van der Waals surface area (Å²) in [5.74, 6) is 1.38. The minimum absolute atomic E-state index is 0.611. The van der Waals surface area contributed by atoms with E-state index >= 15 is 0 Å². The average Bonchev–Trinajstić information content (AvgIpc) is 2.49. The molecule has 82 valence electrons. The molecule has 0 unspecified atom stereocenters. The van der Waals surface area contributed by atoms with E-state index in [9.17, 15) is 5.11 Å². The van der Waals surface area contributed by atoms with Gasteiger partial charge in [0.25, 0.3) is 0 Å². The molecule has 4 heteroatoms. The van der Waals surface area contributed by atoms with Crippen molar-refractivity contribution in [3.63, 3.8) is 0 Å². The van der Waals surface area contributed by atoms with Crippen molar-refractivity contribution in [2.45, 2.75) is 46.6 Å². The zero-order valence-electron chi connectivity index (χ0n) is 10.00. The van der Waals surface area contributed by atoms with E-state index in [2.05, 4.69) is 10.1 Å². The minimum Gasteiger partial charge on any atom is -0.382 e. The number of aryl methyl sites for hydroxylation is 2. The van der Waals surface area contributed by atoms with Crippen LogP contribution in [0.4, 0.5) is 0 Å². The zero-order chi connectivity index (χ0) is 11.4. The fourth-order valence-corrected chi connectivity index (χ4v) is 1.12. The third kappa shape index (κ3) is 3.10. The van der Waals surface area contributed by atoms with Gasteiger partial charge in [-0.05, 0) is 13.8 Å². The Bertz CT molecular complexity index is 273. The van der Waals surface area contributed by atoms with E-state index in [-0.39, 0.29) is 0 Å². The molecule has 0 saturated heterocycles. The molecule has 0 aliphatic rings. The Balaban J connectivity index is 0.000000791. The molecular weight excluding hydrogens is 178 g/mol. The highest BCUT2D eigenvalue weighted by Crippen LogP contribution is 2.16. The van der Waals surface area contributed by atoms with Crippen LogP contribution in [0.1, 0.15) is 46.3 Å². The van der Waals surface area contributed by atoms with Gasteiger partial charge in [0.05, 0.1) is 0 Å². The van der Waals surface area contributed by atoms with Crippen LogP contribution >= 0.6 is 0 Å². The molecule has 0 fully saturated rings. The molecule has 1 aromatic heterocycles. The molecule has 0 amide bonds. The van der Waals surface area contributed by atoms with Crippen LogP contribution in [0.3, 0.4) is 0 Å². The second-order valence-electron chi connectivity index (χ2n) is 3.39. The SMILES string of the molecule is CC.CCc1nc(C(C)(C)O)n(C)n1. The monoisotopic (exact) mass is 199 g/mol. The molecule has 0 atom stereocenters. The van der Waals surface area contributed by atoms with Crippen molar-refractivity contribution in [2.24, 2.45) is 7.05 Å². The fraction of sp³-hybridized carbons (Fsp3) is 0.800. The molecule has 1 aromatic rings. The number of aromatic nitrogens is 3. The lowest BCUT2D eigenvalue weighted by atomic mass is 10.1. The maximum absolute atomic E-state index is 9.66. The third-order valence-electron chi connectivity index (χ3n) is 1.67. The van der Waals surface area contributed by atoms with Crippen LogP contribution in [0.15, 0.2) is 0 Å². The van der Waals surface area contributed by atoms with E-state index < -0.39 is 5.60 Å². The first kappa shape index (κ1) is 13.1. The van der Waals surface area contributed by atoms with Crippen LogP contribution in [0.2, 0.25) is 0 Å². The maximum atomic E-state index is 9.66. The summed E-state index contributed by atoms with van der Waals surface area (Å²) in [5.41, 5.74) is -0.908. The maximum Gasteiger partial charge on any atom is 0.158 e. The Morgan fingerprint density at radius 3 is 2.07 bits per heavy atom. The van der Waals surface area contributed by atoms with Gasteiger partial charge in [-0.2, -0.15) is 5.10 Å². The van der Waals surface area contributed by atoms with Crippen molar-refractivity contribution in [1.29, 1.82) is 0 Å². The van der Waals surface area contributed by atoms with E-state index in [0.717, 1.165) is 12.2 Å². The Morgan fingerprint density at radius 1 is 1.36 bits per heavy atom. The molecule has 0 saturated carbocycles. The Labute approximate surface area is 86.0 Å². The average molecular weight is 199 g/mol. The van der Waals surface area contributed by atoms with Gasteiger partial charge in [0.2, 0.25) is 0 Å². The summed E-state index contributed by atoms with van der Waals surface area (Å²) < 4.78 is 1.62. The Kier molecular flexibility index (Phi) is 4.77. The highest BCUT2D eigenvalue weighted by atomic mass is 16.3. The summed E-state index contributed by atoms with van der Waals surface area (Å²) in [4.78, 5) is 4.20. The molecular formula is C10H21N3O. The Morgan fingerprint density at radius 2 is 1.86 bits per heavy atom. The van der Waals surface area contributed by atoms with Gasteiger partial charge in [0, 0.05) is 13.5 Å². The van der Waals surface area contributed by atoms with Crippen LogP contribution in [-0.4, -0.2) is 19.9 Å². The van der Waals surface area contributed by atoms with Crippen molar-refractivity contribution < 1.29 is 5.11 Å². The molecule has 0 aliphatic carbocycles. The lowest BCUT2D eigenvalue weighted by Crippen LogP contribution is -2.21. The standard InChI is InChI=1S/C8H15N3O.C2H6/c1-5-6-9-7(8(2,3)12)11(4)10-6;1-2/h12H,5H2,1-4H3;1-2H3. The van der Waals surface area contributed by atoms with E-state index in [1.165, 1.54) is 0 Å². The third-order valence-corrected chi connectivity index (χ3v) is 1.67. The zero-order valence-corrected chi connectivity index (χ0v) is 10.00. The minimum atomic E-state index is -0.908. The lowest BCUT2D eigenvalue weighted by Gasteiger charge is -2.14. The number of nitrogens with zero attached hydrogens (tertiary/aromatic N) is 3. The van der Waals surface area contributed by atoms with Gasteiger partial charge in [-0.1, -0.05) is 20.8 Å². The van der Waals surface area contributed by atoms with Crippen molar-refractivity contribution >= 4 is 0 Å². The van der Waals surface area contributed by atoms with Crippen LogP contribution in [0.25, 0.3) is 0 Å². The van der Waals surface area contributed by atoms with Crippen molar-refractivity contribution in [3.05, 3.63) is 11.6 Å². The molecule has 0 spiro atoms. The van der Waals surface area contributed by atoms with Gasteiger partial charge in [-0.15, -0.1) is 0 Å². The van der Waals surface area contributed by atoms with Gasteiger partial charge in [0.15, 0.2) is 11.6 Å². The summed E-state index contributed by atoms with van der Waals surface area (Å²) in [7, 11) is 1.79. The first-order chi connectivity index (χ1) is 6.45. The number of rotatable bonds is 2. The van der Waals surface area contributed by atoms with Crippen molar-refractivity contribution in [1.82, 2.24) is 14.8 Å². The Hall–Kier alpha value is -0.900. The highest BCUT2D eigenvalue weighted by molar-refractivity contribution is 5.00. The number of aliphatic hydroxyl groups is 1. The molecule has 0 bridgehead atoms. The molecule has 1 N–H and O–H groups in total. The van der Waals surface area contributed by atoms with Crippen LogP contribution in [0.5, 0.6) is 0 Å². The highest BCUT2D eigenvalue weighted by Gasteiger charge is 2.22. The van der Waals surface area contributed by atoms with E-state index in [0.29, 0.717) is 5.82 Å². The van der Waals surface area contributed by atoms with Crippen molar-refractivity contribution in [3.8, 4) is 0 Å². The van der Waals surface area contributed by atoms with Gasteiger partial charge in [-0.25, -0.2) is 4.98 Å². The van der Waals surface area contributed by atoms with E-state index in [4.69, 9.17) is 0 Å². The molecule has 0 aliphatic heterocycles. The second-order valence-corrected chi connectivity index (χ2v) is 3.39. The van der Waals surface area contributed by atoms with E-state index in [1.807, 2.05) is 20.8 Å². The number of hydrogen-bond acceptors (Lipinski definition) is 3. The summed E-state index contributed by atoms with van der Waals surface area (Å²) in [6, 6.07) is 0. The summed E-state index contributed by atoms with van der Waals surface area (Å²) in [6.45, 7) is 9.40. The number of hydrogen-bond donors (Lipinski definition) is 1. The fourth-order valence-electron chi connectivity index (χ4n) is 1.12. The lowest BCUT2D eigenvalue weighted by molar-refractivity contribution is 0.0647. The first-order valence-corrected chi connectivity index (χ1v) is 5.08. The summed E-state index contributed by atoms with van der Waals surface area (Å²) >= 11 is 0. The largest absolute Gasteiger partial charge is 0.382 e. The predicted molar refractivity (Wildman–Crippen MR) is 57.0 cm³/mol. The topological polar surface area (TPSA) is 50.9 Å². The molecule has 0 radical (unpaired) electrons. The normalized spacial score (nSPS) is 10.8. The van der Waals surface area contributed by atoms with Crippen LogP contribution < -0.4 is 0 Å². The van der Waals surface area contributed by atoms with Crippen LogP contribution in [0, 0.1) is 0 Å². The first-order valence-electron chi connectivity index (χ1n) is 5.08. The molecule has 14 heavy (non-hydrogen) atoms. The molecule has 4 nitrogen and oxygen atoms in total. The van der Waals surface area contributed by atoms with Crippen molar-refractivity contribution in [2.75, 3.05) is 0 Å². The second kappa shape index (κ2) is 5.10. The van der Waals surface area contributed by atoms with E-state index in [1.54, 1.807) is 25.6 Å². The molecule has 0 aromatic carbocycles. The van der Waals surface area contributed by atoms with Gasteiger partial charge in [-0.3, -0.25) is 4.68 Å². The molecule has 1 rings (SSSR count). The summed E-state index contributed by atoms with van der Waals surface area (Å²) in [6.07, 6.45) is 0.796. The van der Waals surface area contributed by atoms with Gasteiger partial charge >= 0.3 is 0 Å². The van der Waals surface area contributed by atoms with Gasteiger partial charge < -0.3 is 5.11 Å².